The van der Waals surface area contributed by atoms with Crippen molar-refractivity contribution in [3.05, 3.63) is 82.5 Å². The summed E-state index contributed by atoms with van der Waals surface area (Å²) in [6.45, 7) is 4.06. The minimum Gasteiger partial charge on any atom is -0.490 e. The molecule has 5 heteroatoms. The lowest BCUT2D eigenvalue weighted by Gasteiger charge is -2.02. The zero-order valence-electron chi connectivity index (χ0n) is 12.7. The number of rotatable bonds is 5. The molecule has 0 saturated carbocycles. The third-order valence-electron chi connectivity index (χ3n) is 3.26. The van der Waals surface area contributed by atoms with Gasteiger partial charge in [-0.1, -0.05) is 40.7 Å². The van der Waals surface area contributed by atoms with Crippen LogP contribution in [-0.4, -0.2) is 18.5 Å². The zero-order chi connectivity index (χ0) is 16.9. The van der Waals surface area contributed by atoms with Crippen LogP contribution < -0.4 is 4.74 Å². The van der Waals surface area contributed by atoms with Crippen molar-refractivity contribution in [3.8, 4) is 5.75 Å². The first kappa shape index (κ1) is 16.2. The van der Waals surface area contributed by atoms with Gasteiger partial charge in [-0.3, -0.25) is 0 Å². The van der Waals surface area contributed by atoms with E-state index >= 15 is 0 Å². The summed E-state index contributed by atoms with van der Waals surface area (Å²) < 4.78 is 11.6. The zero-order valence-corrected chi connectivity index (χ0v) is 14.3. The van der Waals surface area contributed by atoms with Gasteiger partial charge in [0.15, 0.2) is 5.70 Å². The maximum absolute atomic E-state index is 12.0. The van der Waals surface area contributed by atoms with Crippen molar-refractivity contribution >= 4 is 33.9 Å². The molecule has 0 N–H and O–H groups in total. The standard InChI is InChI=1S/C19H14BrNO3/c1-2-11-23-16-9-3-13(4-10-16)12-17-19(22)24-18(21-17)14-5-7-15(20)8-6-14/h2-10,12H,1,11H2/b17-12+. The van der Waals surface area contributed by atoms with Crippen LogP contribution in [0.5, 0.6) is 5.75 Å². The average molecular weight is 384 g/mol. The normalized spacial score (nSPS) is 15.1. The molecule has 0 unspecified atom stereocenters. The van der Waals surface area contributed by atoms with Gasteiger partial charge in [0.2, 0.25) is 5.90 Å². The topological polar surface area (TPSA) is 47.9 Å². The molecule has 120 valence electrons. The van der Waals surface area contributed by atoms with Crippen molar-refractivity contribution in [3.63, 3.8) is 0 Å². The number of hydrogen-bond acceptors (Lipinski definition) is 4. The van der Waals surface area contributed by atoms with E-state index in [1.54, 1.807) is 12.2 Å². The fraction of sp³-hybridized carbons (Fsp3) is 0.0526. The van der Waals surface area contributed by atoms with Crippen molar-refractivity contribution in [1.29, 1.82) is 0 Å². The quantitative estimate of drug-likeness (QED) is 0.437. The molecule has 1 aliphatic heterocycles. The molecule has 24 heavy (non-hydrogen) atoms. The van der Waals surface area contributed by atoms with Crippen molar-refractivity contribution in [1.82, 2.24) is 0 Å². The predicted octanol–water partition coefficient (Wildman–Crippen LogP) is 4.36. The molecule has 0 amide bonds. The minimum atomic E-state index is -0.458. The Labute approximate surface area is 148 Å². The Morgan fingerprint density at radius 3 is 2.50 bits per heavy atom. The van der Waals surface area contributed by atoms with E-state index in [0.717, 1.165) is 21.3 Å². The van der Waals surface area contributed by atoms with Gasteiger partial charge >= 0.3 is 5.97 Å². The maximum Gasteiger partial charge on any atom is 0.363 e. The number of nitrogens with zero attached hydrogens (tertiary/aromatic N) is 1. The molecule has 0 bridgehead atoms. The second-order valence-electron chi connectivity index (χ2n) is 5.01. The highest BCUT2D eigenvalue weighted by molar-refractivity contribution is 9.10. The molecule has 0 atom stereocenters. The van der Waals surface area contributed by atoms with Crippen LogP contribution in [0, 0.1) is 0 Å². The predicted molar refractivity (Wildman–Crippen MR) is 96.9 cm³/mol. The summed E-state index contributed by atoms with van der Waals surface area (Å²) in [6.07, 6.45) is 3.37. The number of aliphatic imine (C=N–C) groups is 1. The fourth-order valence-electron chi connectivity index (χ4n) is 2.10. The SMILES string of the molecule is C=CCOc1ccc(/C=C2/N=C(c3ccc(Br)cc3)OC2=O)cc1. The number of cyclic esters (lactones) is 1. The molecular weight excluding hydrogens is 370 g/mol. The Morgan fingerprint density at radius 2 is 1.83 bits per heavy atom. The smallest absolute Gasteiger partial charge is 0.363 e. The number of carbonyl (C=O) groups excluding carboxylic acids is 1. The molecule has 1 heterocycles. The number of ether oxygens (including phenoxy) is 2. The molecule has 3 rings (SSSR count). The summed E-state index contributed by atoms with van der Waals surface area (Å²) in [4.78, 5) is 16.3. The highest BCUT2D eigenvalue weighted by Gasteiger charge is 2.23. The van der Waals surface area contributed by atoms with E-state index in [-0.39, 0.29) is 5.70 Å². The van der Waals surface area contributed by atoms with Gasteiger partial charge in [0.1, 0.15) is 12.4 Å². The van der Waals surface area contributed by atoms with Crippen LogP contribution in [0.2, 0.25) is 0 Å². The summed E-state index contributed by atoms with van der Waals surface area (Å²) in [5.74, 6) is 0.592. The van der Waals surface area contributed by atoms with E-state index < -0.39 is 5.97 Å². The number of carbonyl (C=O) groups is 1. The molecule has 2 aromatic carbocycles. The van der Waals surface area contributed by atoms with Gasteiger partial charge in [0.25, 0.3) is 0 Å². The third-order valence-corrected chi connectivity index (χ3v) is 3.79. The molecule has 0 aliphatic carbocycles. The molecule has 0 saturated heterocycles. The lowest BCUT2D eigenvalue weighted by Crippen LogP contribution is -2.05. The third kappa shape index (κ3) is 3.81. The van der Waals surface area contributed by atoms with Gasteiger partial charge in [0, 0.05) is 10.0 Å². The average Bonchev–Trinajstić information content (AvgIpc) is 2.95. The molecule has 4 nitrogen and oxygen atoms in total. The van der Waals surface area contributed by atoms with Crippen LogP contribution in [0.4, 0.5) is 0 Å². The van der Waals surface area contributed by atoms with E-state index in [4.69, 9.17) is 9.47 Å². The van der Waals surface area contributed by atoms with E-state index in [2.05, 4.69) is 27.5 Å². The molecule has 0 fully saturated rings. The van der Waals surface area contributed by atoms with Crippen molar-refractivity contribution in [2.75, 3.05) is 6.61 Å². The number of esters is 1. The first-order chi connectivity index (χ1) is 11.7. The Hall–Kier alpha value is -2.66. The number of halogens is 1. The second kappa shape index (κ2) is 7.27. The van der Waals surface area contributed by atoms with Crippen LogP contribution in [0.1, 0.15) is 11.1 Å². The van der Waals surface area contributed by atoms with E-state index in [0.29, 0.717) is 12.5 Å². The highest BCUT2D eigenvalue weighted by Crippen LogP contribution is 2.21. The highest BCUT2D eigenvalue weighted by atomic mass is 79.9. The Bertz CT molecular complexity index is 821. The second-order valence-corrected chi connectivity index (χ2v) is 5.93. The lowest BCUT2D eigenvalue weighted by atomic mass is 10.2. The monoisotopic (exact) mass is 383 g/mol. The fourth-order valence-corrected chi connectivity index (χ4v) is 2.36. The van der Waals surface area contributed by atoms with Crippen LogP contribution in [0.3, 0.4) is 0 Å². The minimum absolute atomic E-state index is 0.271. The lowest BCUT2D eigenvalue weighted by molar-refractivity contribution is -0.129. The Balaban J connectivity index is 1.80. The van der Waals surface area contributed by atoms with E-state index in [9.17, 15) is 4.79 Å². The maximum atomic E-state index is 12.0. The molecule has 0 spiro atoms. The summed E-state index contributed by atoms with van der Waals surface area (Å²) in [5.41, 5.74) is 1.87. The van der Waals surface area contributed by atoms with Crippen molar-refractivity contribution < 1.29 is 14.3 Å². The number of benzene rings is 2. The molecule has 0 radical (unpaired) electrons. The first-order valence-corrected chi connectivity index (χ1v) is 8.07. The molecular formula is C19H14BrNO3. The van der Waals surface area contributed by atoms with E-state index in [1.807, 2.05) is 48.5 Å². The first-order valence-electron chi connectivity index (χ1n) is 7.28. The molecule has 0 aromatic heterocycles. The number of hydrogen-bond donors (Lipinski definition) is 0. The van der Waals surface area contributed by atoms with Gasteiger partial charge in [0.05, 0.1) is 0 Å². The molecule has 1 aliphatic rings. The van der Waals surface area contributed by atoms with Gasteiger partial charge in [-0.25, -0.2) is 9.79 Å². The van der Waals surface area contributed by atoms with Gasteiger partial charge in [-0.15, -0.1) is 0 Å². The summed E-state index contributed by atoms with van der Waals surface area (Å²) in [5, 5.41) is 0. The van der Waals surface area contributed by atoms with Gasteiger partial charge in [-0.2, -0.15) is 0 Å². The van der Waals surface area contributed by atoms with Crippen LogP contribution >= 0.6 is 15.9 Å². The summed E-state index contributed by atoms with van der Waals surface area (Å²) >= 11 is 3.37. The van der Waals surface area contributed by atoms with Gasteiger partial charge in [-0.05, 0) is 48.0 Å². The van der Waals surface area contributed by atoms with Crippen molar-refractivity contribution in [2.45, 2.75) is 0 Å². The Kier molecular flexibility index (Phi) is 4.91. The van der Waals surface area contributed by atoms with Crippen LogP contribution in [-0.2, 0) is 9.53 Å². The Morgan fingerprint density at radius 1 is 1.12 bits per heavy atom. The van der Waals surface area contributed by atoms with E-state index in [1.165, 1.54) is 0 Å². The van der Waals surface area contributed by atoms with Crippen LogP contribution in [0.25, 0.3) is 6.08 Å². The largest absolute Gasteiger partial charge is 0.490 e. The van der Waals surface area contributed by atoms with Gasteiger partial charge < -0.3 is 9.47 Å². The van der Waals surface area contributed by atoms with Crippen molar-refractivity contribution in [2.24, 2.45) is 4.99 Å². The molecule has 2 aromatic rings. The summed E-state index contributed by atoms with van der Waals surface area (Å²) in [7, 11) is 0. The summed E-state index contributed by atoms with van der Waals surface area (Å²) in [6, 6.07) is 14.8. The van der Waals surface area contributed by atoms with Crippen LogP contribution in [0.15, 0.2) is 76.3 Å².